The van der Waals surface area contributed by atoms with Crippen molar-refractivity contribution in [2.24, 2.45) is 5.10 Å². The highest BCUT2D eigenvalue weighted by molar-refractivity contribution is 6.00. The average Bonchev–Trinajstić information content (AvgIpc) is 2.69. The van der Waals surface area contributed by atoms with E-state index in [1.807, 2.05) is 20.8 Å². The lowest BCUT2D eigenvalue weighted by atomic mass is 10.1. The summed E-state index contributed by atoms with van der Waals surface area (Å²) in [5, 5.41) is 17.8. The summed E-state index contributed by atoms with van der Waals surface area (Å²) in [6.45, 7) is 7.27. The van der Waals surface area contributed by atoms with Gasteiger partial charge in [-0.05, 0) is 57.0 Å². The largest absolute Gasteiger partial charge is 0.546 e. The fourth-order valence-electron chi connectivity index (χ4n) is 3.03. The number of aliphatic carboxylic acids is 1. The molecule has 8 nitrogen and oxygen atoms in total. The summed E-state index contributed by atoms with van der Waals surface area (Å²) in [6, 6.07) is 9.03. The molecule has 0 bridgehead atoms. The minimum absolute atomic E-state index is 0.0842. The van der Waals surface area contributed by atoms with E-state index in [1.54, 1.807) is 25.1 Å². The fourth-order valence-corrected chi connectivity index (χ4v) is 3.03. The van der Waals surface area contributed by atoms with Crippen molar-refractivity contribution in [3.63, 3.8) is 0 Å². The molecule has 2 aromatic carbocycles. The number of amides is 1. The quantitative estimate of drug-likeness (QED) is 0.479. The number of carbonyl (C=O) groups excluding carboxylic acids is 2. The number of carbonyl (C=O) groups is 2. The molecule has 0 fully saturated rings. The molecule has 0 saturated heterocycles. The maximum absolute atomic E-state index is 12.2. The summed E-state index contributed by atoms with van der Waals surface area (Å²) >= 11 is 0. The normalized spacial score (nSPS) is 11.0. The van der Waals surface area contributed by atoms with E-state index < -0.39 is 12.6 Å². The van der Waals surface area contributed by atoms with Gasteiger partial charge in [0, 0.05) is 11.3 Å². The Hall–Kier alpha value is -3.55. The number of ether oxygens (including phenoxy) is 2. The van der Waals surface area contributed by atoms with E-state index in [-0.39, 0.29) is 18.2 Å². The maximum atomic E-state index is 12.2. The lowest BCUT2D eigenvalue weighted by Gasteiger charge is -2.13. The molecule has 0 aliphatic carbocycles. The Labute approximate surface area is 175 Å². The van der Waals surface area contributed by atoms with Crippen LogP contribution in [0.15, 0.2) is 35.4 Å². The zero-order chi connectivity index (χ0) is 22.3. The standard InChI is InChI=1S/C22H27N3O5/c1-13-8-14(2)22(15(3)9-13)23-11-20(26)25-24-16(4)17-6-7-18(19(10-17)29-5)30-12-21(27)28/h6-10,23H,11-12H2,1-5H3,(H,25,26)(H,27,28)/p-1/b24-16-. The number of aryl methyl sites for hydroxylation is 3. The summed E-state index contributed by atoms with van der Waals surface area (Å²) in [6.07, 6.45) is 0. The van der Waals surface area contributed by atoms with Crippen LogP contribution in [0.1, 0.15) is 29.2 Å². The van der Waals surface area contributed by atoms with Crippen molar-refractivity contribution in [1.29, 1.82) is 0 Å². The first kappa shape index (κ1) is 22.7. The lowest BCUT2D eigenvalue weighted by molar-refractivity contribution is -0.307. The first-order valence-electron chi connectivity index (χ1n) is 9.37. The molecule has 2 rings (SSSR count). The number of hydrogen-bond donors (Lipinski definition) is 2. The number of nitrogens with one attached hydrogen (secondary N) is 2. The minimum Gasteiger partial charge on any atom is -0.546 e. The summed E-state index contributed by atoms with van der Waals surface area (Å²) < 4.78 is 10.3. The van der Waals surface area contributed by atoms with E-state index in [4.69, 9.17) is 9.47 Å². The highest BCUT2D eigenvalue weighted by Crippen LogP contribution is 2.28. The third kappa shape index (κ3) is 6.23. The van der Waals surface area contributed by atoms with Gasteiger partial charge in [-0.1, -0.05) is 17.7 Å². The predicted molar refractivity (Wildman–Crippen MR) is 113 cm³/mol. The number of hydrogen-bond acceptors (Lipinski definition) is 7. The Morgan fingerprint density at radius 2 is 1.73 bits per heavy atom. The van der Waals surface area contributed by atoms with Crippen LogP contribution in [0.3, 0.4) is 0 Å². The van der Waals surface area contributed by atoms with Gasteiger partial charge in [0.15, 0.2) is 11.5 Å². The molecule has 2 N–H and O–H groups in total. The SMILES string of the molecule is COc1cc(/C(C)=N\NC(=O)CNc2c(C)cc(C)cc2C)ccc1OCC(=O)[O-]. The third-order valence-corrected chi connectivity index (χ3v) is 4.38. The number of rotatable bonds is 9. The summed E-state index contributed by atoms with van der Waals surface area (Å²) in [4.78, 5) is 22.7. The van der Waals surface area contributed by atoms with Gasteiger partial charge in [-0.3, -0.25) is 4.79 Å². The smallest absolute Gasteiger partial charge is 0.259 e. The molecule has 30 heavy (non-hydrogen) atoms. The van der Waals surface area contributed by atoms with Crippen molar-refractivity contribution in [2.75, 3.05) is 25.6 Å². The van der Waals surface area contributed by atoms with Crippen molar-refractivity contribution >= 4 is 23.3 Å². The third-order valence-electron chi connectivity index (χ3n) is 4.38. The van der Waals surface area contributed by atoms with Gasteiger partial charge in [0.1, 0.15) is 6.61 Å². The van der Waals surface area contributed by atoms with Crippen molar-refractivity contribution in [3.05, 3.63) is 52.6 Å². The molecule has 2 aromatic rings. The van der Waals surface area contributed by atoms with E-state index in [9.17, 15) is 14.7 Å². The molecule has 0 unspecified atom stereocenters. The Kier molecular flexibility index (Phi) is 7.80. The summed E-state index contributed by atoms with van der Waals surface area (Å²) in [7, 11) is 1.44. The van der Waals surface area contributed by atoms with E-state index in [0.29, 0.717) is 17.0 Å². The zero-order valence-corrected chi connectivity index (χ0v) is 17.8. The Bertz CT molecular complexity index is 946. The van der Waals surface area contributed by atoms with Gasteiger partial charge >= 0.3 is 0 Å². The molecule has 0 saturated carbocycles. The van der Waals surface area contributed by atoms with Crippen molar-refractivity contribution < 1.29 is 24.2 Å². The fraction of sp³-hybridized carbons (Fsp3) is 0.318. The van der Waals surface area contributed by atoms with E-state index in [2.05, 4.69) is 28.0 Å². The first-order chi connectivity index (χ1) is 14.2. The Morgan fingerprint density at radius 3 is 2.33 bits per heavy atom. The molecule has 160 valence electrons. The number of methoxy groups -OCH3 is 1. The van der Waals surface area contributed by atoms with Gasteiger partial charge in [-0.15, -0.1) is 0 Å². The molecule has 0 atom stereocenters. The number of hydrazone groups is 1. The summed E-state index contributed by atoms with van der Waals surface area (Å²) in [5.41, 5.74) is 8.03. The number of carboxylic acids is 1. The van der Waals surface area contributed by atoms with E-state index in [1.165, 1.54) is 12.7 Å². The van der Waals surface area contributed by atoms with Crippen LogP contribution in [0.5, 0.6) is 11.5 Å². The van der Waals surface area contributed by atoms with Gasteiger partial charge in [0.25, 0.3) is 5.91 Å². The van der Waals surface area contributed by atoms with Crippen LogP contribution in [0.25, 0.3) is 0 Å². The molecule has 0 aromatic heterocycles. The molecule has 0 aliphatic heterocycles. The predicted octanol–water partition coefficient (Wildman–Crippen LogP) is 1.70. The van der Waals surface area contributed by atoms with Gasteiger partial charge in [0.05, 0.1) is 25.3 Å². The Balaban J connectivity index is 2.00. The molecule has 0 spiro atoms. The van der Waals surface area contributed by atoms with Crippen molar-refractivity contribution in [3.8, 4) is 11.5 Å². The number of nitrogens with zero attached hydrogens (tertiary/aromatic N) is 1. The zero-order valence-electron chi connectivity index (χ0n) is 17.8. The van der Waals surface area contributed by atoms with Crippen LogP contribution in [0.4, 0.5) is 5.69 Å². The van der Waals surface area contributed by atoms with Gasteiger partial charge < -0.3 is 24.7 Å². The molecule has 0 radical (unpaired) electrons. The minimum atomic E-state index is -1.33. The second-order valence-corrected chi connectivity index (χ2v) is 6.89. The second-order valence-electron chi connectivity index (χ2n) is 6.89. The van der Waals surface area contributed by atoms with Gasteiger partial charge in [-0.25, -0.2) is 5.43 Å². The van der Waals surface area contributed by atoms with Crippen molar-refractivity contribution in [2.45, 2.75) is 27.7 Å². The molecule has 0 heterocycles. The highest BCUT2D eigenvalue weighted by Gasteiger charge is 2.09. The highest BCUT2D eigenvalue weighted by atomic mass is 16.5. The van der Waals surface area contributed by atoms with Gasteiger partial charge in [0.2, 0.25) is 0 Å². The van der Waals surface area contributed by atoms with Crippen LogP contribution in [-0.2, 0) is 9.59 Å². The summed E-state index contributed by atoms with van der Waals surface area (Å²) in [5.74, 6) is -0.988. The monoisotopic (exact) mass is 412 g/mol. The van der Waals surface area contributed by atoms with Crippen molar-refractivity contribution in [1.82, 2.24) is 5.43 Å². The van der Waals surface area contributed by atoms with Gasteiger partial charge in [-0.2, -0.15) is 5.10 Å². The molecule has 0 aliphatic rings. The first-order valence-corrected chi connectivity index (χ1v) is 9.37. The number of carboxylic acid groups (broad SMARTS) is 1. The number of anilines is 1. The van der Waals surface area contributed by atoms with Crippen LogP contribution >= 0.6 is 0 Å². The van der Waals surface area contributed by atoms with Crippen LogP contribution in [0.2, 0.25) is 0 Å². The topological polar surface area (TPSA) is 112 Å². The average molecular weight is 412 g/mol. The lowest BCUT2D eigenvalue weighted by Crippen LogP contribution is -2.29. The molecular weight excluding hydrogens is 386 g/mol. The molecule has 1 amide bonds. The van der Waals surface area contributed by atoms with Crippen LogP contribution in [-0.4, -0.2) is 37.8 Å². The van der Waals surface area contributed by atoms with Crippen LogP contribution < -0.4 is 25.3 Å². The maximum Gasteiger partial charge on any atom is 0.259 e. The molecule has 8 heteroatoms. The molecular formula is C22H26N3O5-. The Morgan fingerprint density at radius 1 is 1.07 bits per heavy atom. The van der Waals surface area contributed by atoms with Crippen LogP contribution in [0, 0.1) is 20.8 Å². The number of benzene rings is 2. The second kappa shape index (κ2) is 10.3. The van der Waals surface area contributed by atoms with E-state index in [0.717, 1.165) is 16.8 Å². The van der Waals surface area contributed by atoms with E-state index >= 15 is 0 Å².